The van der Waals surface area contributed by atoms with Gasteiger partial charge in [-0.25, -0.2) is 9.97 Å². The van der Waals surface area contributed by atoms with Gasteiger partial charge in [0.2, 0.25) is 0 Å². The van der Waals surface area contributed by atoms with Crippen LogP contribution in [0.2, 0.25) is 0 Å². The molecule has 39 heavy (non-hydrogen) atoms. The van der Waals surface area contributed by atoms with Gasteiger partial charge in [-0.15, -0.1) is 0 Å². The second kappa shape index (κ2) is 9.38. The second-order valence-electron chi connectivity index (χ2n) is 10.1. The van der Waals surface area contributed by atoms with Gasteiger partial charge in [-0.3, -0.25) is 0 Å². The highest BCUT2D eigenvalue weighted by Gasteiger charge is 2.14. The molecular weight excluding hydrogens is 474 g/mol. The minimum absolute atomic E-state index is 0.726. The summed E-state index contributed by atoms with van der Waals surface area (Å²) in [6, 6.07) is 44.7. The molecule has 3 heteroatoms. The second-order valence-corrected chi connectivity index (χ2v) is 10.1. The Labute approximate surface area is 228 Å². The summed E-state index contributed by atoms with van der Waals surface area (Å²) in [4.78, 5) is 9.92. The predicted octanol–water partition coefficient (Wildman–Crippen LogP) is 9.19. The molecule has 0 bridgehead atoms. The van der Waals surface area contributed by atoms with Crippen LogP contribution in [-0.2, 0) is 0 Å². The minimum atomic E-state index is 0.726. The van der Waals surface area contributed by atoms with E-state index in [1.54, 1.807) is 0 Å². The van der Waals surface area contributed by atoms with Crippen molar-refractivity contribution in [1.82, 2.24) is 14.5 Å². The molecule has 0 fully saturated rings. The first-order chi connectivity index (χ1) is 19.1. The van der Waals surface area contributed by atoms with Gasteiger partial charge in [0.25, 0.3) is 0 Å². The fraction of sp³-hybridized carbons (Fsp3) is 0.0556. The van der Waals surface area contributed by atoms with Crippen LogP contribution in [0.3, 0.4) is 0 Å². The van der Waals surface area contributed by atoms with Crippen LogP contribution in [0.5, 0.6) is 0 Å². The molecule has 2 aromatic heterocycles. The molecule has 0 saturated heterocycles. The van der Waals surface area contributed by atoms with Gasteiger partial charge in [-0.2, -0.15) is 0 Å². The van der Waals surface area contributed by atoms with E-state index in [1.165, 1.54) is 32.9 Å². The van der Waals surface area contributed by atoms with Gasteiger partial charge in [-0.05, 0) is 56.3 Å². The van der Waals surface area contributed by atoms with Crippen molar-refractivity contribution in [3.8, 4) is 39.6 Å². The molecule has 0 saturated carbocycles. The van der Waals surface area contributed by atoms with Crippen LogP contribution in [0.1, 0.15) is 11.1 Å². The van der Waals surface area contributed by atoms with Gasteiger partial charge in [0.05, 0.1) is 22.4 Å². The molecule has 7 rings (SSSR count). The van der Waals surface area contributed by atoms with E-state index >= 15 is 0 Å². The van der Waals surface area contributed by atoms with Crippen molar-refractivity contribution in [3.63, 3.8) is 0 Å². The Morgan fingerprint density at radius 3 is 1.49 bits per heavy atom. The highest BCUT2D eigenvalue weighted by atomic mass is 15.0. The Kier molecular flexibility index (Phi) is 5.56. The number of rotatable bonds is 4. The quantitative estimate of drug-likeness (QED) is 0.241. The van der Waals surface area contributed by atoms with Crippen LogP contribution in [0.15, 0.2) is 127 Å². The maximum Gasteiger partial charge on any atom is 0.160 e. The maximum atomic E-state index is 4.99. The van der Waals surface area contributed by atoms with Crippen molar-refractivity contribution in [2.75, 3.05) is 0 Å². The van der Waals surface area contributed by atoms with Crippen LogP contribution >= 0.6 is 0 Å². The van der Waals surface area contributed by atoms with Crippen molar-refractivity contribution in [2.24, 2.45) is 0 Å². The van der Waals surface area contributed by atoms with Gasteiger partial charge in [0.1, 0.15) is 0 Å². The van der Waals surface area contributed by atoms with Crippen molar-refractivity contribution < 1.29 is 0 Å². The molecule has 0 aliphatic rings. The fourth-order valence-electron chi connectivity index (χ4n) is 5.38. The number of aromatic nitrogens is 3. The maximum absolute atomic E-state index is 4.99. The van der Waals surface area contributed by atoms with Gasteiger partial charge in [0.15, 0.2) is 5.82 Å². The Balaban J connectivity index is 1.37. The van der Waals surface area contributed by atoms with Crippen molar-refractivity contribution in [1.29, 1.82) is 0 Å². The number of benzene rings is 5. The Morgan fingerprint density at radius 2 is 0.949 bits per heavy atom. The summed E-state index contributed by atoms with van der Waals surface area (Å²) in [7, 11) is 0. The number of fused-ring (bicyclic) bond motifs is 3. The molecule has 0 spiro atoms. The molecule has 0 radical (unpaired) electrons. The van der Waals surface area contributed by atoms with Crippen LogP contribution in [-0.4, -0.2) is 14.5 Å². The third-order valence-electron chi connectivity index (χ3n) is 7.33. The summed E-state index contributed by atoms with van der Waals surface area (Å²) < 4.78 is 2.36. The molecule has 186 valence electrons. The summed E-state index contributed by atoms with van der Waals surface area (Å²) in [6.07, 6.45) is 0. The summed E-state index contributed by atoms with van der Waals surface area (Å²) in [6.45, 7) is 4.31. The average molecular weight is 502 g/mol. The highest BCUT2D eigenvalue weighted by Crippen LogP contribution is 2.34. The normalized spacial score (nSPS) is 11.3. The zero-order chi connectivity index (χ0) is 26.3. The van der Waals surface area contributed by atoms with Crippen LogP contribution in [0, 0.1) is 13.8 Å². The predicted molar refractivity (Wildman–Crippen MR) is 162 cm³/mol. The van der Waals surface area contributed by atoms with Crippen molar-refractivity contribution in [3.05, 3.63) is 139 Å². The third-order valence-corrected chi connectivity index (χ3v) is 7.33. The lowest BCUT2D eigenvalue weighted by Gasteiger charge is -2.11. The SMILES string of the molecule is Cc1ccc2c(c1)c1cc(C)ccc1n2-c1ccc(-c2cc(-c3ccccc3)nc(-c3ccccc3)n2)cc1. The zero-order valence-electron chi connectivity index (χ0n) is 22.0. The number of aryl methyl sites for hydroxylation is 2. The van der Waals surface area contributed by atoms with Crippen molar-refractivity contribution in [2.45, 2.75) is 13.8 Å². The zero-order valence-corrected chi connectivity index (χ0v) is 22.0. The molecule has 7 aromatic rings. The van der Waals surface area contributed by atoms with E-state index in [0.717, 1.165) is 39.6 Å². The minimum Gasteiger partial charge on any atom is -0.309 e. The van der Waals surface area contributed by atoms with E-state index in [0.29, 0.717) is 0 Å². The Morgan fingerprint density at radius 1 is 0.462 bits per heavy atom. The van der Waals surface area contributed by atoms with E-state index < -0.39 is 0 Å². The van der Waals surface area contributed by atoms with E-state index in [4.69, 9.17) is 9.97 Å². The van der Waals surface area contributed by atoms with Gasteiger partial charge in [-0.1, -0.05) is 96.1 Å². The van der Waals surface area contributed by atoms with Crippen LogP contribution in [0.4, 0.5) is 0 Å². The van der Waals surface area contributed by atoms with Gasteiger partial charge < -0.3 is 4.57 Å². The smallest absolute Gasteiger partial charge is 0.160 e. The molecule has 0 aliphatic heterocycles. The molecule has 2 heterocycles. The Hall–Kier alpha value is -5.02. The van der Waals surface area contributed by atoms with E-state index in [-0.39, 0.29) is 0 Å². The Bertz CT molecular complexity index is 1830. The average Bonchev–Trinajstić information content (AvgIpc) is 3.30. The summed E-state index contributed by atoms with van der Waals surface area (Å²) >= 11 is 0. The lowest BCUT2D eigenvalue weighted by Crippen LogP contribution is -1.97. The molecular formula is C36H27N3. The lowest BCUT2D eigenvalue weighted by molar-refractivity contribution is 1.17. The largest absolute Gasteiger partial charge is 0.309 e. The first-order valence-electron chi connectivity index (χ1n) is 13.3. The fourth-order valence-corrected chi connectivity index (χ4v) is 5.38. The lowest BCUT2D eigenvalue weighted by atomic mass is 10.1. The topological polar surface area (TPSA) is 30.7 Å². The molecule has 0 atom stereocenters. The number of hydrogen-bond donors (Lipinski definition) is 0. The molecule has 0 aliphatic carbocycles. The monoisotopic (exact) mass is 501 g/mol. The van der Waals surface area contributed by atoms with Crippen LogP contribution in [0.25, 0.3) is 61.4 Å². The van der Waals surface area contributed by atoms with Gasteiger partial charge in [0, 0.05) is 33.2 Å². The number of hydrogen-bond acceptors (Lipinski definition) is 2. The summed E-state index contributed by atoms with van der Waals surface area (Å²) in [5.74, 6) is 0.726. The van der Waals surface area contributed by atoms with Crippen LogP contribution < -0.4 is 0 Å². The first-order valence-corrected chi connectivity index (χ1v) is 13.3. The highest BCUT2D eigenvalue weighted by molar-refractivity contribution is 6.09. The van der Waals surface area contributed by atoms with E-state index in [2.05, 4.69) is 109 Å². The standard InChI is InChI=1S/C36H27N3/c1-24-13-19-34-30(21-24)31-22-25(2)14-20-35(31)39(34)29-17-15-27(16-18-29)33-23-32(26-9-5-3-6-10-26)37-36(38-33)28-11-7-4-8-12-28/h3-23H,1-2H3. The molecule has 0 unspecified atom stereocenters. The summed E-state index contributed by atoms with van der Waals surface area (Å²) in [5, 5.41) is 2.57. The van der Waals surface area contributed by atoms with E-state index in [1.807, 2.05) is 36.4 Å². The molecule has 5 aromatic carbocycles. The van der Waals surface area contributed by atoms with Crippen molar-refractivity contribution >= 4 is 21.8 Å². The summed E-state index contributed by atoms with van der Waals surface area (Å²) in [5.41, 5.74) is 11.1. The molecule has 0 N–H and O–H groups in total. The third kappa shape index (κ3) is 4.18. The van der Waals surface area contributed by atoms with Gasteiger partial charge >= 0.3 is 0 Å². The number of nitrogens with zero attached hydrogens (tertiary/aromatic N) is 3. The molecule has 0 amide bonds. The first kappa shape index (κ1) is 23.1. The molecule has 3 nitrogen and oxygen atoms in total. The van der Waals surface area contributed by atoms with E-state index in [9.17, 15) is 0 Å².